The third-order valence-electron chi connectivity index (χ3n) is 3.31. The van der Waals surface area contributed by atoms with Crippen LogP contribution >= 0.6 is 0 Å². The first-order valence-electron chi connectivity index (χ1n) is 7.32. The summed E-state index contributed by atoms with van der Waals surface area (Å²) < 4.78 is 5.14. The average Bonchev–Trinajstić information content (AvgIpc) is 2.99. The first kappa shape index (κ1) is 16.5. The molecule has 0 saturated heterocycles. The van der Waals surface area contributed by atoms with Crippen LogP contribution in [0.25, 0.3) is 0 Å². The Morgan fingerprint density at radius 2 is 2.09 bits per heavy atom. The fourth-order valence-electron chi connectivity index (χ4n) is 1.90. The van der Waals surface area contributed by atoms with Crippen molar-refractivity contribution in [2.24, 2.45) is 0 Å². The van der Waals surface area contributed by atoms with E-state index in [0.29, 0.717) is 23.0 Å². The summed E-state index contributed by atoms with van der Waals surface area (Å²) in [5.41, 5.74) is 1.93. The van der Waals surface area contributed by atoms with Crippen molar-refractivity contribution in [1.29, 1.82) is 5.26 Å². The van der Waals surface area contributed by atoms with E-state index in [1.165, 1.54) is 0 Å². The third kappa shape index (κ3) is 4.07. The van der Waals surface area contributed by atoms with E-state index in [1.807, 2.05) is 20.8 Å². The quantitative estimate of drug-likeness (QED) is 0.901. The molecule has 0 bridgehead atoms. The Morgan fingerprint density at radius 1 is 1.35 bits per heavy atom. The Hall–Kier alpha value is -2.88. The van der Waals surface area contributed by atoms with E-state index in [2.05, 4.69) is 26.8 Å². The number of amides is 2. The molecular formula is C16H19N5O2. The second-order valence-electron chi connectivity index (χ2n) is 5.61. The minimum Gasteiger partial charge on any atom is -0.337 e. The molecule has 0 aliphatic rings. The molecule has 1 atom stereocenters. The largest absolute Gasteiger partial charge is 0.337 e. The number of hydrogen-bond donors (Lipinski definition) is 2. The summed E-state index contributed by atoms with van der Waals surface area (Å²) in [5, 5.41) is 18.3. The van der Waals surface area contributed by atoms with Gasteiger partial charge >= 0.3 is 6.03 Å². The van der Waals surface area contributed by atoms with Crippen molar-refractivity contribution >= 4 is 11.7 Å². The van der Waals surface area contributed by atoms with Crippen molar-refractivity contribution in [3.05, 3.63) is 41.0 Å². The van der Waals surface area contributed by atoms with Gasteiger partial charge in [0.15, 0.2) is 5.82 Å². The number of nitrogens with one attached hydrogen (secondary N) is 2. The molecule has 120 valence electrons. The molecule has 1 unspecified atom stereocenters. The highest BCUT2D eigenvalue weighted by atomic mass is 16.5. The van der Waals surface area contributed by atoms with Crippen LogP contribution in [0.3, 0.4) is 0 Å². The maximum Gasteiger partial charge on any atom is 0.319 e. The number of carbonyl (C=O) groups is 1. The van der Waals surface area contributed by atoms with Crippen LogP contribution in [-0.2, 0) is 0 Å². The van der Waals surface area contributed by atoms with E-state index in [-0.39, 0.29) is 5.92 Å². The van der Waals surface area contributed by atoms with E-state index in [1.54, 1.807) is 25.1 Å². The van der Waals surface area contributed by atoms with Gasteiger partial charge in [-0.15, -0.1) is 0 Å². The van der Waals surface area contributed by atoms with Crippen LogP contribution in [0.1, 0.15) is 55.6 Å². The maximum atomic E-state index is 12.0. The van der Waals surface area contributed by atoms with E-state index in [0.717, 1.165) is 5.56 Å². The van der Waals surface area contributed by atoms with Gasteiger partial charge in [0.25, 0.3) is 0 Å². The van der Waals surface area contributed by atoms with Crippen LogP contribution in [0, 0.1) is 18.3 Å². The van der Waals surface area contributed by atoms with E-state index >= 15 is 0 Å². The number of hydrogen-bond acceptors (Lipinski definition) is 5. The molecule has 7 heteroatoms. The topological polar surface area (TPSA) is 104 Å². The van der Waals surface area contributed by atoms with E-state index in [4.69, 9.17) is 9.78 Å². The lowest BCUT2D eigenvalue weighted by Gasteiger charge is -2.11. The zero-order valence-corrected chi connectivity index (χ0v) is 13.5. The van der Waals surface area contributed by atoms with Crippen molar-refractivity contribution in [1.82, 2.24) is 15.5 Å². The molecule has 0 spiro atoms. The molecule has 2 amide bonds. The molecule has 0 radical (unpaired) electrons. The minimum absolute atomic E-state index is 0.158. The molecule has 0 fully saturated rings. The van der Waals surface area contributed by atoms with Crippen molar-refractivity contribution in [3.63, 3.8) is 0 Å². The van der Waals surface area contributed by atoms with Gasteiger partial charge in [0.05, 0.1) is 11.6 Å². The highest BCUT2D eigenvalue weighted by molar-refractivity contribution is 5.89. The summed E-state index contributed by atoms with van der Waals surface area (Å²) in [6.45, 7) is 7.52. The number of carbonyl (C=O) groups excluding carboxylic acids is 1. The smallest absolute Gasteiger partial charge is 0.319 e. The third-order valence-corrected chi connectivity index (χ3v) is 3.31. The zero-order chi connectivity index (χ0) is 17.0. The lowest BCUT2D eigenvalue weighted by atomic mass is 10.1. The van der Waals surface area contributed by atoms with Crippen LogP contribution in [0.4, 0.5) is 10.5 Å². The second kappa shape index (κ2) is 6.92. The van der Waals surface area contributed by atoms with E-state index in [9.17, 15) is 4.79 Å². The summed E-state index contributed by atoms with van der Waals surface area (Å²) in [6, 6.07) is 6.41. The zero-order valence-electron chi connectivity index (χ0n) is 13.5. The molecule has 0 saturated carbocycles. The molecule has 7 nitrogen and oxygen atoms in total. The number of rotatable bonds is 4. The number of benzene rings is 1. The Kier molecular flexibility index (Phi) is 4.96. The lowest BCUT2D eigenvalue weighted by Crippen LogP contribution is -2.31. The first-order chi connectivity index (χ1) is 10.9. The summed E-state index contributed by atoms with van der Waals surface area (Å²) in [6.07, 6.45) is 0. The van der Waals surface area contributed by atoms with Crippen LogP contribution < -0.4 is 10.6 Å². The van der Waals surface area contributed by atoms with Gasteiger partial charge in [-0.1, -0.05) is 25.1 Å². The highest BCUT2D eigenvalue weighted by Gasteiger charge is 2.18. The van der Waals surface area contributed by atoms with Gasteiger partial charge in [0, 0.05) is 11.6 Å². The Bertz CT molecular complexity index is 745. The van der Waals surface area contributed by atoms with Crippen LogP contribution in [0.2, 0.25) is 0 Å². The first-order valence-corrected chi connectivity index (χ1v) is 7.32. The number of nitrogens with zero attached hydrogens (tertiary/aromatic N) is 3. The summed E-state index contributed by atoms with van der Waals surface area (Å²) >= 11 is 0. The second-order valence-corrected chi connectivity index (χ2v) is 5.61. The predicted molar refractivity (Wildman–Crippen MR) is 84.9 cm³/mol. The molecule has 2 N–H and O–H groups in total. The number of nitriles is 1. The monoisotopic (exact) mass is 313 g/mol. The van der Waals surface area contributed by atoms with Crippen molar-refractivity contribution in [3.8, 4) is 6.07 Å². The van der Waals surface area contributed by atoms with Crippen molar-refractivity contribution < 1.29 is 9.32 Å². The average molecular weight is 313 g/mol. The van der Waals surface area contributed by atoms with Gasteiger partial charge in [0.2, 0.25) is 5.89 Å². The van der Waals surface area contributed by atoms with Gasteiger partial charge in [-0.25, -0.2) is 4.79 Å². The molecule has 1 aromatic heterocycles. The number of urea groups is 1. The Labute approximate surface area is 134 Å². The van der Waals surface area contributed by atoms with Crippen molar-refractivity contribution in [2.45, 2.75) is 39.7 Å². The van der Waals surface area contributed by atoms with Crippen molar-refractivity contribution in [2.75, 3.05) is 5.32 Å². The van der Waals surface area contributed by atoms with Crippen LogP contribution in [0.5, 0.6) is 0 Å². The minimum atomic E-state index is -0.420. The van der Waals surface area contributed by atoms with Gasteiger partial charge in [0.1, 0.15) is 6.04 Å². The Balaban J connectivity index is 2.00. The van der Waals surface area contributed by atoms with Gasteiger partial charge in [-0.05, 0) is 31.5 Å². The molecule has 2 rings (SSSR count). The summed E-state index contributed by atoms with van der Waals surface area (Å²) in [7, 11) is 0. The molecule has 1 heterocycles. The number of aryl methyl sites for hydroxylation is 1. The standard InChI is InChI=1S/C16H19N5O2/c1-9(2)14-20-15(23-21-14)11(4)18-16(22)19-13-6-5-10(3)12(7-13)8-17/h5-7,9,11H,1-4H3,(H2,18,19,22). The van der Waals surface area contributed by atoms with E-state index < -0.39 is 12.1 Å². The summed E-state index contributed by atoms with van der Waals surface area (Å²) in [4.78, 5) is 16.3. The molecule has 0 aliphatic carbocycles. The SMILES string of the molecule is Cc1ccc(NC(=O)NC(C)c2nc(C(C)C)no2)cc1C#N. The molecule has 23 heavy (non-hydrogen) atoms. The number of aromatic nitrogens is 2. The van der Waals surface area contributed by atoms with Gasteiger partial charge in [-0.2, -0.15) is 10.2 Å². The van der Waals surface area contributed by atoms with Gasteiger partial charge < -0.3 is 15.2 Å². The fourth-order valence-corrected chi connectivity index (χ4v) is 1.90. The highest BCUT2D eigenvalue weighted by Crippen LogP contribution is 2.16. The van der Waals surface area contributed by atoms with Gasteiger partial charge in [-0.3, -0.25) is 0 Å². The molecule has 1 aromatic carbocycles. The van der Waals surface area contributed by atoms with Crippen LogP contribution in [0.15, 0.2) is 22.7 Å². The molecule has 0 aliphatic heterocycles. The normalized spacial score (nSPS) is 11.8. The Morgan fingerprint density at radius 3 is 2.70 bits per heavy atom. The van der Waals surface area contributed by atoms with Crippen LogP contribution in [-0.4, -0.2) is 16.2 Å². The lowest BCUT2D eigenvalue weighted by molar-refractivity contribution is 0.245. The number of anilines is 1. The fraction of sp³-hybridized carbons (Fsp3) is 0.375. The molecule has 2 aromatic rings. The maximum absolute atomic E-state index is 12.0. The molecular weight excluding hydrogens is 294 g/mol. The summed E-state index contributed by atoms with van der Waals surface area (Å²) in [5.74, 6) is 1.11. The predicted octanol–water partition coefficient (Wildman–Crippen LogP) is 3.26.